The lowest BCUT2D eigenvalue weighted by Crippen LogP contribution is -2.62. The molecular formula is C66H91N13O15. The molecule has 2 aromatic carbocycles. The second-order valence-corrected chi connectivity index (χ2v) is 25.6. The number of nitrogens with zero attached hydrogens (tertiary/aromatic N) is 2. The fraction of sp³-hybridized carbons (Fsp3) is 0.530. The Hall–Kier alpha value is -9.31. The van der Waals surface area contributed by atoms with Gasteiger partial charge in [0.1, 0.15) is 71.6 Å². The van der Waals surface area contributed by atoms with Crippen LogP contribution in [0.2, 0.25) is 0 Å². The number of fused-ring (bicyclic) bond motifs is 4. The SMILES string of the molecule is CCC[C@@H]1NC(=O)[C@H](Cc2c[nH]c3ncccc23)NC(=O)[C@H]([C@@H](C)O)NC(=O)[C@@H]2CCCN2C(=O)[C@@H](CC(=O)CC(C)(C)C)Cc2cccc(c2)CNC(=O)C[C@@H](C(N)=O)NC(=O)[C@H]([C@@H](C)O)NC(=O)[C@H](CCC)NC(=O)[C@H](Cc2ccc(O)cc2)NC(=O)[C@H](C)NC1=O. The number of primary amides is 1. The highest BCUT2D eigenvalue weighted by Crippen LogP contribution is 2.28. The molecule has 28 heteroatoms. The lowest BCUT2D eigenvalue weighted by Gasteiger charge is -2.31. The normalized spacial score (nSPS) is 25.0. The minimum atomic E-state index is -1.77. The Morgan fingerprint density at radius 2 is 1.23 bits per heavy atom. The van der Waals surface area contributed by atoms with E-state index in [-0.39, 0.29) is 82.4 Å². The number of nitrogens with one attached hydrogen (secondary N) is 10. The van der Waals surface area contributed by atoms with Crippen molar-refractivity contribution >= 4 is 81.8 Å². The third kappa shape index (κ3) is 21.4. The molecule has 510 valence electrons. The minimum absolute atomic E-state index is 0.00891. The second-order valence-electron chi connectivity index (χ2n) is 25.6. The van der Waals surface area contributed by atoms with Gasteiger partial charge in [0.15, 0.2) is 0 Å². The number of aromatic nitrogens is 2. The van der Waals surface area contributed by atoms with Gasteiger partial charge in [-0.25, -0.2) is 4.98 Å². The Balaban J connectivity index is 1.37. The van der Waals surface area contributed by atoms with Crippen molar-refractivity contribution in [3.05, 3.63) is 95.3 Å². The molecule has 28 nitrogen and oxygen atoms in total. The molecule has 2 bridgehead atoms. The van der Waals surface area contributed by atoms with E-state index in [1.54, 1.807) is 62.6 Å². The molecule has 0 spiro atoms. The maximum Gasteiger partial charge on any atom is 0.245 e. The molecule has 15 N–H and O–H groups in total. The number of pyridine rings is 1. The summed E-state index contributed by atoms with van der Waals surface area (Å²) in [6, 6.07) is 2.43. The van der Waals surface area contributed by atoms with E-state index in [9.17, 15) is 72.9 Å². The highest BCUT2D eigenvalue weighted by atomic mass is 16.3. The number of phenolic OH excluding ortho intramolecular Hbond substituents is 1. The molecule has 1 saturated heterocycles. The van der Waals surface area contributed by atoms with Gasteiger partial charge in [0, 0.05) is 62.5 Å². The molecule has 0 aliphatic carbocycles. The number of amides is 11. The Labute approximate surface area is 545 Å². The maximum absolute atomic E-state index is 14.9. The summed E-state index contributed by atoms with van der Waals surface area (Å²) in [6.45, 7) is 12.8. The zero-order valence-electron chi connectivity index (χ0n) is 54.5. The van der Waals surface area contributed by atoms with Crippen LogP contribution in [0.4, 0.5) is 0 Å². The van der Waals surface area contributed by atoms with Crippen LogP contribution in [-0.4, -0.2) is 174 Å². The second kappa shape index (κ2) is 34.0. The number of aromatic hydroxyl groups is 1. The van der Waals surface area contributed by atoms with Crippen LogP contribution in [0.15, 0.2) is 73.1 Å². The number of hydrogen-bond acceptors (Lipinski definition) is 16. The summed E-state index contributed by atoms with van der Waals surface area (Å²) in [7, 11) is 0. The Kier molecular flexibility index (Phi) is 26.7. The van der Waals surface area contributed by atoms with Crippen LogP contribution < -0.4 is 53.6 Å². The number of carbonyl (C=O) groups is 12. The Morgan fingerprint density at radius 1 is 0.670 bits per heavy atom. The summed E-state index contributed by atoms with van der Waals surface area (Å²) in [5.74, 6) is -11.1. The molecular weight excluding hydrogens is 1210 g/mol. The summed E-state index contributed by atoms with van der Waals surface area (Å²) in [5, 5.41) is 55.9. The van der Waals surface area contributed by atoms with Gasteiger partial charge in [-0.3, -0.25) is 57.5 Å². The number of H-pyrrole nitrogens is 1. The van der Waals surface area contributed by atoms with Crippen LogP contribution in [0.1, 0.15) is 135 Å². The van der Waals surface area contributed by atoms with Crippen molar-refractivity contribution in [3.8, 4) is 5.75 Å². The molecule has 4 aromatic rings. The molecule has 0 saturated carbocycles. The number of aliphatic hydroxyl groups is 2. The third-order valence-corrected chi connectivity index (χ3v) is 16.3. The molecule has 2 aliphatic heterocycles. The van der Waals surface area contributed by atoms with E-state index in [0.29, 0.717) is 46.1 Å². The molecule has 11 amide bonds. The van der Waals surface area contributed by atoms with Gasteiger partial charge < -0.3 is 78.8 Å². The van der Waals surface area contributed by atoms with Crippen LogP contribution in [-0.2, 0) is 83.3 Å². The van der Waals surface area contributed by atoms with E-state index < -0.39 is 149 Å². The summed E-state index contributed by atoms with van der Waals surface area (Å²) in [6.07, 6.45) is -0.154. The molecule has 1 fully saturated rings. The number of carbonyl (C=O) groups excluding carboxylic acids is 12. The number of ketones is 1. The predicted octanol–water partition coefficient (Wildman–Crippen LogP) is 0.0643. The van der Waals surface area contributed by atoms with Crippen LogP contribution in [0, 0.1) is 11.3 Å². The molecule has 6 rings (SSSR count). The molecule has 2 aromatic heterocycles. The number of phenols is 1. The van der Waals surface area contributed by atoms with Crippen molar-refractivity contribution in [1.82, 2.24) is 62.7 Å². The smallest absolute Gasteiger partial charge is 0.245 e. The van der Waals surface area contributed by atoms with Crippen LogP contribution in [0.25, 0.3) is 11.0 Å². The number of hydrogen-bond donors (Lipinski definition) is 14. The Morgan fingerprint density at radius 3 is 1.84 bits per heavy atom. The third-order valence-electron chi connectivity index (χ3n) is 16.3. The van der Waals surface area contributed by atoms with Gasteiger partial charge in [-0.15, -0.1) is 0 Å². The lowest BCUT2D eigenvalue weighted by atomic mass is 9.85. The molecule has 12 atom stereocenters. The van der Waals surface area contributed by atoms with Crippen molar-refractivity contribution < 1.29 is 72.9 Å². The van der Waals surface area contributed by atoms with Gasteiger partial charge in [-0.05, 0) is 105 Å². The number of aliphatic hydroxyl groups excluding tert-OH is 2. The number of Topliss-reactive ketones (excluding diaryl/α,β-unsaturated/α-hetero) is 1. The predicted molar refractivity (Wildman–Crippen MR) is 344 cm³/mol. The average Bonchev–Trinajstić information content (AvgIpc) is 1.58. The van der Waals surface area contributed by atoms with Crippen LogP contribution in [0.5, 0.6) is 5.75 Å². The molecule has 0 unspecified atom stereocenters. The number of aromatic amines is 1. The number of nitrogens with two attached hydrogens (primary N) is 1. The molecule has 94 heavy (non-hydrogen) atoms. The summed E-state index contributed by atoms with van der Waals surface area (Å²) in [4.78, 5) is 178. The van der Waals surface area contributed by atoms with Gasteiger partial charge in [0.25, 0.3) is 0 Å². The fourth-order valence-electron chi connectivity index (χ4n) is 11.4. The maximum atomic E-state index is 14.9. The number of rotatable bonds is 14. The number of benzene rings is 2. The van der Waals surface area contributed by atoms with E-state index in [4.69, 9.17) is 5.73 Å². The first-order valence-electron chi connectivity index (χ1n) is 31.9. The van der Waals surface area contributed by atoms with Crippen molar-refractivity contribution in [3.63, 3.8) is 0 Å². The van der Waals surface area contributed by atoms with Crippen molar-refractivity contribution in [2.24, 2.45) is 17.1 Å². The average molecular weight is 1310 g/mol. The van der Waals surface area contributed by atoms with Crippen LogP contribution in [0.3, 0.4) is 0 Å². The van der Waals surface area contributed by atoms with E-state index >= 15 is 0 Å². The van der Waals surface area contributed by atoms with E-state index in [1.165, 1.54) is 49.9 Å². The lowest BCUT2D eigenvalue weighted by molar-refractivity contribution is -0.144. The zero-order valence-corrected chi connectivity index (χ0v) is 54.5. The minimum Gasteiger partial charge on any atom is -0.508 e. The summed E-state index contributed by atoms with van der Waals surface area (Å²) in [5.41, 5.74) is 7.75. The highest BCUT2D eigenvalue weighted by molar-refractivity contribution is 6.00. The Bertz CT molecular complexity index is 3380. The van der Waals surface area contributed by atoms with Crippen LogP contribution >= 0.6 is 0 Å². The summed E-state index contributed by atoms with van der Waals surface area (Å²) < 4.78 is 0. The van der Waals surface area contributed by atoms with E-state index in [0.717, 1.165) is 0 Å². The van der Waals surface area contributed by atoms with Gasteiger partial charge in [0.2, 0.25) is 65.0 Å². The first-order chi connectivity index (χ1) is 44.4. The topological polar surface area (TPSA) is 432 Å². The summed E-state index contributed by atoms with van der Waals surface area (Å²) >= 11 is 0. The highest BCUT2D eigenvalue weighted by Gasteiger charge is 2.42. The molecule has 2 aliphatic rings. The standard InChI is InChI=1S/C66H91N13O15/c1-9-14-46-58(87)71-35(3)57(86)75-49(28-38-20-22-43(82)23-21-38)60(89)73-47(15-10-2)59(88)77-53(36(4)80)63(92)74-48(55(67)85)31-52(84)69-33-40-17-11-16-39(26-40)27-41(29-44(83)32-66(6,7)8)65(94)79-25-13-19-51(79)62(91)78-54(37(5)81)64(93)76-50(61(90)72-46)30-42-34-70-56-45(42)18-12-24-68-56/h11-12,16-18,20-24,26,34-37,41,46-51,53-54,80-82H,9-10,13-15,19,25,27-33H2,1-8H3,(H2,67,85)(H,68,70)(H,69,84)(H,71,87)(H,72,90)(H,73,89)(H,74,92)(H,75,86)(H,76,93)(H,77,88)(H,78,91)/t35-,36+,37+,41+,46-,47-,48-,49-,50-,51-,53-,54-/m0/s1. The zero-order chi connectivity index (χ0) is 69.1. The first-order valence-corrected chi connectivity index (χ1v) is 31.9. The molecule has 4 heterocycles. The quantitative estimate of drug-likeness (QED) is 0.0794. The van der Waals surface area contributed by atoms with Gasteiger partial charge in [-0.2, -0.15) is 0 Å². The van der Waals surface area contributed by atoms with Gasteiger partial charge in [-0.1, -0.05) is 83.9 Å². The largest absolute Gasteiger partial charge is 0.508 e. The van der Waals surface area contributed by atoms with Crippen molar-refractivity contribution in [2.45, 2.75) is 206 Å². The monoisotopic (exact) mass is 1310 g/mol. The van der Waals surface area contributed by atoms with Gasteiger partial charge >= 0.3 is 0 Å². The molecule has 0 radical (unpaired) electrons. The van der Waals surface area contributed by atoms with Crippen molar-refractivity contribution in [2.75, 3.05) is 6.54 Å². The van der Waals surface area contributed by atoms with Gasteiger partial charge in [0.05, 0.1) is 18.6 Å². The van der Waals surface area contributed by atoms with E-state index in [2.05, 4.69) is 57.8 Å². The van der Waals surface area contributed by atoms with Crippen molar-refractivity contribution in [1.29, 1.82) is 0 Å². The fourth-order valence-corrected chi connectivity index (χ4v) is 11.4. The van der Waals surface area contributed by atoms with E-state index in [1.807, 2.05) is 20.8 Å². The first kappa shape index (κ1) is 73.7.